The second kappa shape index (κ2) is 9.30. The average Bonchev–Trinajstić information content (AvgIpc) is 3.06. The number of anilines is 1. The first-order chi connectivity index (χ1) is 15.2. The van der Waals surface area contributed by atoms with Gasteiger partial charge in [-0.25, -0.2) is 9.78 Å². The third-order valence-electron chi connectivity index (χ3n) is 6.90. The maximum atomic E-state index is 11.3. The Morgan fingerprint density at radius 1 is 1.22 bits per heavy atom. The van der Waals surface area contributed by atoms with Gasteiger partial charge < -0.3 is 20.5 Å². The minimum atomic E-state index is -0.924. The van der Waals surface area contributed by atoms with E-state index in [4.69, 9.17) is 9.72 Å². The van der Waals surface area contributed by atoms with Gasteiger partial charge in [-0.15, -0.1) is 11.3 Å². The van der Waals surface area contributed by atoms with Crippen LogP contribution < -0.4 is 15.4 Å². The van der Waals surface area contributed by atoms with Crippen molar-refractivity contribution in [3.63, 3.8) is 0 Å². The molecule has 0 spiro atoms. The van der Waals surface area contributed by atoms with E-state index in [1.54, 1.807) is 18.4 Å². The van der Waals surface area contributed by atoms with Crippen LogP contribution in [0, 0.1) is 11.3 Å². The van der Waals surface area contributed by atoms with Gasteiger partial charge in [-0.05, 0) is 80.0 Å². The van der Waals surface area contributed by atoms with Gasteiger partial charge in [0.05, 0.1) is 12.8 Å². The van der Waals surface area contributed by atoms with Crippen molar-refractivity contribution < 1.29 is 14.6 Å². The van der Waals surface area contributed by atoms with E-state index in [0.717, 1.165) is 61.5 Å². The number of ether oxygens (including phenoxy) is 1. The highest BCUT2D eigenvalue weighted by atomic mass is 32.1. The molecule has 174 valence electrons. The third kappa shape index (κ3) is 5.03. The highest BCUT2D eigenvalue weighted by Gasteiger charge is 2.36. The van der Waals surface area contributed by atoms with E-state index in [0.29, 0.717) is 12.0 Å². The van der Waals surface area contributed by atoms with Gasteiger partial charge in [0.1, 0.15) is 5.75 Å². The molecule has 1 fully saturated rings. The van der Waals surface area contributed by atoms with Gasteiger partial charge in [0.15, 0.2) is 5.13 Å². The van der Waals surface area contributed by atoms with Crippen LogP contribution in [0.15, 0.2) is 18.2 Å². The molecule has 0 aliphatic heterocycles. The molecule has 2 aromatic rings. The number of amides is 1. The summed E-state index contributed by atoms with van der Waals surface area (Å²) < 4.78 is 5.42. The Morgan fingerprint density at radius 2 is 1.97 bits per heavy atom. The second-order valence-corrected chi connectivity index (χ2v) is 11.3. The number of aromatic nitrogens is 1. The maximum Gasteiger partial charge on any atom is 0.404 e. The number of methoxy groups -OCH3 is 1. The lowest BCUT2D eigenvalue weighted by Gasteiger charge is -2.40. The molecule has 1 aromatic carbocycles. The fraction of sp³-hybridized carbons (Fsp3) is 0.600. The summed E-state index contributed by atoms with van der Waals surface area (Å²) in [6.45, 7) is 6.36. The van der Waals surface area contributed by atoms with E-state index < -0.39 is 6.09 Å². The number of rotatable bonds is 5. The van der Waals surface area contributed by atoms with E-state index in [-0.39, 0.29) is 11.5 Å². The van der Waals surface area contributed by atoms with Crippen LogP contribution in [0.2, 0.25) is 0 Å². The van der Waals surface area contributed by atoms with Crippen molar-refractivity contribution in [3.8, 4) is 17.0 Å². The Labute approximate surface area is 194 Å². The number of fused-ring (bicyclic) bond motifs is 3. The Kier molecular flexibility index (Phi) is 6.65. The number of hydrogen-bond donors (Lipinski definition) is 3. The van der Waals surface area contributed by atoms with Crippen LogP contribution in [-0.2, 0) is 12.8 Å². The number of aryl methyl sites for hydroxylation is 2. The second-order valence-electron chi connectivity index (χ2n) is 10.2. The van der Waals surface area contributed by atoms with Gasteiger partial charge in [0, 0.05) is 22.5 Å². The summed E-state index contributed by atoms with van der Waals surface area (Å²) in [7, 11) is 1.71. The molecule has 7 heteroatoms. The first-order valence-corrected chi connectivity index (χ1v) is 12.5. The first-order valence-electron chi connectivity index (χ1n) is 11.7. The number of carboxylic acid groups (broad SMARTS) is 1. The summed E-state index contributed by atoms with van der Waals surface area (Å²) in [5.41, 5.74) is 3.59. The third-order valence-corrected chi connectivity index (χ3v) is 7.94. The number of hydrogen-bond acceptors (Lipinski definition) is 5. The molecule has 0 radical (unpaired) electrons. The molecule has 32 heavy (non-hydrogen) atoms. The fourth-order valence-corrected chi connectivity index (χ4v) is 6.41. The molecule has 0 saturated heterocycles. The Morgan fingerprint density at radius 3 is 2.62 bits per heavy atom. The fourth-order valence-electron chi connectivity index (χ4n) is 5.31. The van der Waals surface area contributed by atoms with Crippen molar-refractivity contribution in [1.82, 2.24) is 10.3 Å². The van der Waals surface area contributed by atoms with Crippen molar-refractivity contribution in [1.29, 1.82) is 0 Å². The Bertz CT molecular complexity index is 958. The molecule has 1 aromatic heterocycles. The lowest BCUT2D eigenvalue weighted by Crippen LogP contribution is -2.49. The number of thiazole rings is 1. The van der Waals surface area contributed by atoms with Gasteiger partial charge in [0.25, 0.3) is 0 Å². The zero-order chi connectivity index (χ0) is 22.9. The van der Waals surface area contributed by atoms with Gasteiger partial charge >= 0.3 is 6.09 Å². The van der Waals surface area contributed by atoms with E-state index in [2.05, 4.69) is 43.5 Å². The molecule has 1 amide bonds. The molecule has 4 rings (SSSR count). The molecule has 0 bridgehead atoms. The Balaban J connectivity index is 1.43. The van der Waals surface area contributed by atoms with Crippen LogP contribution in [0.1, 0.15) is 63.3 Å². The van der Waals surface area contributed by atoms with E-state index >= 15 is 0 Å². The van der Waals surface area contributed by atoms with Gasteiger partial charge in [-0.1, -0.05) is 20.8 Å². The summed E-state index contributed by atoms with van der Waals surface area (Å²) in [4.78, 5) is 17.7. The first kappa shape index (κ1) is 22.9. The monoisotopic (exact) mass is 457 g/mol. The lowest BCUT2D eigenvalue weighted by molar-refractivity contribution is 0.134. The normalized spacial score (nSPS) is 21.6. The van der Waals surface area contributed by atoms with Crippen LogP contribution >= 0.6 is 11.3 Å². The Hall–Kier alpha value is -2.28. The maximum absolute atomic E-state index is 11.3. The summed E-state index contributed by atoms with van der Waals surface area (Å²) >= 11 is 1.79. The standard InChI is InChI=1S/C25H35N3O3S/c1-25(2,3)22(28-24(29)30)15-8-10-17(11-9-15)26-23-27-21-19-13-12-18(31-4)14-16(19)6-5-7-20(21)32-23/h12-15,17,22,28H,5-11H2,1-4H3,(H,26,27)(H,29,30). The highest BCUT2D eigenvalue weighted by Crippen LogP contribution is 2.40. The van der Waals surface area contributed by atoms with Crippen LogP contribution in [0.25, 0.3) is 11.3 Å². The van der Waals surface area contributed by atoms with Crippen LogP contribution in [0.3, 0.4) is 0 Å². The zero-order valence-corrected chi connectivity index (χ0v) is 20.3. The molecular formula is C25H35N3O3S. The van der Waals surface area contributed by atoms with Gasteiger partial charge in [-0.3, -0.25) is 0 Å². The SMILES string of the molecule is COc1ccc2c(c1)CCCc1sc(NC3CCC(C(NC(=O)O)C(C)(C)C)CC3)nc1-2. The molecule has 2 aliphatic rings. The van der Waals surface area contributed by atoms with Crippen LogP contribution in [0.4, 0.5) is 9.93 Å². The van der Waals surface area contributed by atoms with Crippen molar-refractivity contribution >= 4 is 22.6 Å². The summed E-state index contributed by atoms with van der Waals surface area (Å²) in [5, 5.41) is 16.8. The smallest absolute Gasteiger partial charge is 0.404 e. The topological polar surface area (TPSA) is 83.5 Å². The molecule has 1 saturated carbocycles. The molecule has 2 aliphatic carbocycles. The van der Waals surface area contributed by atoms with E-state index in [1.807, 2.05) is 6.07 Å². The number of nitrogens with one attached hydrogen (secondary N) is 2. The van der Waals surface area contributed by atoms with E-state index in [1.165, 1.54) is 16.0 Å². The molecule has 1 heterocycles. The molecule has 3 N–H and O–H groups in total. The summed E-state index contributed by atoms with van der Waals surface area (Å²) in [6.07, 6.45) is 6.44. The van der Waals surface area contributed by atoms with Crippen LogP contribution in [-0.4, -0.2) is 35.4 Å². The minimum Gasteiger partial charge on any atom is -0.497 e. The molecule has 1 unspecified atom stereocenters. The summed E-state index contributed by atoms with van der Waals surface area (Å²) in [5.74, 6) is 1.28. The minimum absolute atomic E-state index is 0.0228. The van der Waals surface area contributed by atoms with Crippen molar-refractivity contribution in [2.24, 2.45) is 11.3 Å². The quantitative estimate of drug-likeness (QED) is 0.516. The lowest BCUT2D eigenvalue weighted by atomic mass is 9.72. The van der Waals surface area contributed by atoms with Crippen molar-refractivity contribution in [2.45, 2.75) is 77.8 Å². The molecule has 1 atom stereocenters. The zero-order valence-electron chi connectivity index (χ0n) is 19.5. The molecule has 6 nitrogen and oxygen atoms in total. The van der Waals surface area contributed by atoms with E-state index in [9.17, 15) is 9.90 Å². The predicted octanol–water partition coefficient (Wildman–Crippen LogP) is 5.96. The van der Waals surface area contributed by atoms with Gasteiger partial charge in [-0.2, -0.15) is 0 Å². The largest absolute Gasteiger partial charge is 0.497 e. The number of benzene rings is 1. The average molecular weight is 458 g/mol. The van der Waals surface area contributed by atoms with Crippen molar-refractivity contribution in [3.05, 3.63) is 28.6 Å². The predicted molar refractivity (Wildman–Crippen MR) is 130 cm³/mol. The molecular weight excluding hydrogens is 422 g/mol. The number of carbonyl (C=O) groups is 1. The number of nitrogens with zero attached hydrogens (tertiary/aromatic N) is 1. The van der Waals surface area contributed by atoms with Crippen LogP contribution in [0.5, 0.6) is 5.75 Å². The summed E-state index contributed by atoms with van der Waals surface area (Å²) in [6, 6.07) is 6.69. The van der Waals surface area contributed by atoms with Crippen molar-refractivity contribution in [2.75, 3.05) is 12.4 Å². The highest BCUT2D eigenvalue weighted by molar-refractivity contribution is 7.16. The van der Waals surface area contributed by atoms with Gasteiger partial charge in [0.2, 0.25) is 0 Å².